The van der Waals surface area contributed by atoms with E-state index < -0.39 is 17.5 Å². The molecule has 2 aromatic carbocycles. The highest BCUT2D eigenvalue weighted by molar-refractivity contribution is 8.03. The molecule has 0 spiro atoms. The first kappa shape index (κ1) is 20.3. The molecule has 2 aliphatic rings. The Morgan fingerprint density at radius 3 is 2.60 bits per heavy atom. The topological polar surface area (TPSA) is 82.8 Å². The molecule has 6 nitrogen and oxygen atoms in total. The number of hydrogen-bond donors (Lipinski definition) is 1. The van der Waals surface area contributed by atoms with Gasteiger partial charge in [0.15, 0.2) is 17.2 Å². The van der Waals surface area contributed by atoms with Gasteiger partial charge in [-0.05, 0) is 18.2 Å². The first-order valence-corrected chi connectivity index (χ1v) is 10.2. The van der Waals surface area contributed by atoms with Gasteiger partial charge in [0, 0.05) is 23.5 Å². The summed E-state index contributed by atoms with van der Waals surface area (Å²) in [6.45, 7) is 0. The van der Waals surface area contributed by atoms with Crippen molar-refractivity contribution in [2.45, 2.75) is 18.1 Å². The summed E-state index contributed by atoms with van der Waals surface area (Å²) >= 11 is 1.24. The maximum absolute atomic E-state index is 13.4. The van der Waals surface area contributed by atoms with E-state index in [0.29, 0.717) is 33.2 Å². The van der Waals surface area contributed by atoms with E-state index in [1.54, 1.807) is 18.2 Å². The first-order chi connectivity index (χ1) is 14.4. The summed E-state index contributed by atoms with van der Waals surface area (Å²) in [6, 6.07) is 12.9. The molecule has 8 heteroatoms. The van der Waals surface area contributed by atoms with Crippen LogP contribution in [-0.2, 0) is 10.5 Å². The molecule has 2 atom stereocenters. The second kappa shape index (κ2) is 7.67. The van der Waals surface area contributed by atoms with Gasteiger partial charge in [-0.25, -0.2) is 4.39 Å². The van der Waals surface area contributed by atoms with Crippen LogP contribution < -0.4 is 9.47 Å². The quantitative estimate of drug-likeness (QED) is 0.806. The molecular formula is C22H19FN2O4S. The summed E-state index contributed by atoms with van der Waals surface area (Å²) in [5.74, 6) is -0.160. The van der Waals surface area contributed by atoms with Crippen molar-refractivity contribution in [1.29, 1.82) is 5.26 Å². The summed E-state index contributed by atoms with van der Waals surface area (Å²) in [6.07, 6.45) is -0.0139. The lowest BCUT2D eigenvalue weighted by Gasteiger charge is -2.38. The van der Waals surface area contributed by atoms with E-state index in [9.17, 15) is 19.6 Å². The zero-order chi connectivity index (χ0) is 21.5. The van der Waals surface area contributed by atoms with Crippen LogP contribution in [0.4, 0.5) is 4.39 Å². The van der Waals surface area contributed by atoms with E-state index in [-0.39, 0.29) is 18.1 Å². The van der Waals surface area contributed by atoms with Crippen molar-refractivity contribution >= 4 is 17.7 Å². The van der Waals surface area contributed by atoms with Gasteiger partial charge in [-0.1, -0.05) is 24.3 Å². The largest absolute Gasteiger partial charge is 0.493 e. The molecule has 2 aliphatic heterocycles. The predicted octanol–water partition coefficient (Wildman–Crippen LogP) is 3.49. The molecule has 1 saturated heterocycles. The van der Waals surface area contributed by atoms with E-state index in [0.717, 1.165) is 0 Å². The Balaban J connectivity index is 1.83. The molecule has 0 saturated carbocycles. The van der Waals surface area contributed by atoms with Crippen LogP contribution in [0.1, 0.15) is 23.5 Å². The Kier molecular flexibility index (Phi) is 5.18. The van der Waals surface area contributed by atoms with Crippen molar-refractivity contribution in [3.8, 4) is 17.6 Å². The van der Waals surface area contributed by atoms with Crippen molar-refractivity contribution < 1.29 is 23.8 Å². The van der Waals surface area contributed by atoms with Crippen LogP contribution in [0.25, 0.3) is 0 Å². The lowest BCUT2D eigenvalue weighted by atomic mass is 9.84. The highest BCUT2D eigenvalue weighted by Crippen LogP contribution is 2.53. The Hall–Kier alpha value is -3.02. The van der Waals surface area contributed by atoms with Gasteiger partial charge in [-0.2, -0.15) is 5.26 Å². The molecular weight excluding hydrogens is 407 g/mol. The van der Waals surface area contributed by atoms with Gasteiger partial charge in [0.2, 0.25) is 5.91 Å². The number of benzene rings is 2. The third-order valence-corrected chi connectivity index (χ3v) is 6.65. The van der Waals surface area contributed by atoms with E-state index in [1.165, 1.54) is 55.1 Å². The minimum atomic E-state index is -1.64. The number of nitriles is 1. The Morgan fingerprint density at radius 2 is 1.97 bits per heavy atom. The molecule has 1 fully saturated rings. The fourth-order valence-corrected chi connectivity index (χ4v) is 5.37. The average molecular weight is 426 g/mol. The monoisotopic (exact) mass is 426 g/mol. The molecule has 0 aliphatic carbocycles. The summed E-state index contributed by atoms with van der Waals surface area (Å²) in [5, 5.41) is 21.7. The van der Waals surface area contributed by atoms with Crippen molar-refractivity contribution in [3.63, 3.8) is 0 Å². The number of carbonyl (C=O) groups excluding carboxylic acids is 1. The smallest absolute Gasteiger partial charge is 0.231 e. The van der Waals surface area contributed by atoms with Gasteiger partial charge in [0.1, 0.15) is 5.82 Å². The molecule has 1 N–H and O–H groups in total. The van der Waals surface area contributed by atoms with Gasteiger partial charge >= 0.3 is 0 Å². The third kappa shape index (κ3) is 3.02. The molecule has 2 aromatic rings. The number of para-hydroxylation sites is 1. The fraction of sp³-hybridized carbons (Fsp3) is 0.273. The number of hydrogen-bond acceptors (Lipinski definition) is 6. The minimum Gasteiger partial charge on any atom is -0.493 e. The van der Waals surface area contributed by atoms with Gasteiger partial charge in [-0.3, -0.25) is 9.69 Å². The van der Waals surface area contributed by atoms with Gasteiger partial charge in [0.05, 0.1) is 36.6 Å². The predicted molar refractivity (Wildman–Crippen MR) is 109 cm³/mol. The highest BCUT2D eigenvalue weighted by atomic mass is 32.2. The average Bonchev–Trinajstić information content (AvgIpc) is 3.12. The number of fused-ring (bicyclic) bond motifs is 1. The van der Waals surface area contributed by atoms with E-state index in [2.05, 4.69) is 6.07 Å². The second-order valence-electron chi connectivity index (χ2n) is 7.01. The van der Waals surface area contributed by atoms with Crippen molar-refractivity contribution in [2.75, 3.05) is 20.0 Å². The molecule has 0 bridgehead atoms. The van der Waals surface area contributed by atoms with Gasteiger partial charge in [0.25, 0.3) is 0 Å². The molecule has 0 aromatic heterocycles. The van der Waals surface area contributed by atoms with Gasteiger partial charge < -0.3 is 14.6 Å². The number of nitrogens with zero attached hydrogens (tertiary/aromatic N) is 2. The van der Waals surface area contributed by atoms with Gasteiger partial charge in [-0.15, -0.1) is 11.8 Å². The van der Waals surface area contributed by atoms with Crippen molar-refractivity contribution in [1.82, 2.24) is 4.90 Å². The molecule has 1 amide bonds. The molecule has 0 radical (unpaired) electrons. The van der Waals surface area contributed by atoms with Crippen molar-refractivity contribution in [3.05, 3.63) is 70.0 Å². The summed E-state index contributed by atoms with van der Waals surface area (Å²) in [7, 11) is 3.03. The van der Waals surface area contributed by atoms with E-state index in [4.69, 9.17) is 9.47 Å². The summed E-state index contributed by atoms with van der Waals surface area (Å²) in [5.41, 5.74) is -0.193. The van der Waals surface area contributed by atoms with Crippen LogP contribution in [0, 0.1) is 17.1 Å². The van der Waals surface area contributed by atoms with Crippen LogP contribution >= 0.6 is 11.8 Å². The molecule has 154 valence electrons. The van der Waals surface area contributed by atoms with Crippen LogP contribution in [-0.4, -0.2) is 35.9 Å². The van der Waals surface area contributed by atoms with Crippen LogP contribution in [0.5, 0.6) is 11.5 Å². The van der Waals surface area contributed by atoms with Crippen LogP contribution in [0.2, 0.25) is 0 Å². The number of methoxy groups -OCH3 is 2. The van der Waals surface area contributed by atoms with E-state index in [1.807, 2.05) is 0 Å². The number of thioether (sulfide) groups is 1. The normalized spacial score (nSPS) is 23.2. The summed E-state index contributed by atoms with van der Waals surface area (Å²) < 4.78 is 24.2. The lowest BCUT2D eigenvalue weighted by molar-refractivity contribution is -0.149. The third-order valence-electron chi connectivity index (χ3n) is 5.43. The highest BCUT2D eigenvalue weighted by Gasteiger charge is 2.52. The number of carbonyl (C=O) groups is 1. The SMILES string of the molecule is COc1cccc([C@@H]2CC(=O)N3C(=C2C#N)SC[C@]3(O)c2ccc(F)cc2)c1OC. The minimum absolute atomic E-state index is 0.0139. The Bertz CT molecular complexity index is 1080. The second-order valence-corrected chi connectivity index (χ2v) is 7.98. The molecule has 30 heavy (non-hydrogen) atoms. The maximum atomic E-state index is 13.4. The number of aliphatic hydroxyl groups is 1. The standard InChI is InChI=1S/C22H19FN2O4S/c1-28-18-5-3-4-15(20(18)29-2)16-10-19(26)25-21(17(16)11-24)30-12-22(25,27)13-6-8-14(23)9-7-13/h3-9,16,27H,10,12H2,1-2H3/t16-,22-/m0/s1. The lowest BCUT2D eigenvalue weighted by Crippen LogP contribution is -2.48. The zero-order valence-electron chi connectivity index (χ0n) is 16.4. The number of rotatable bonds is 4. The number of halogens is 1. The maximum Gasteiger partial charge on any atom is 0.231 e. The molecule has 0 unspecified atom stereocenters. The van der Waals surface area contributed by atoms with Crippen LogP contribution in [0.3, 0.4) is 0 Å². The Labute approximate surface area is 177 Å². The molecule has 4 rings (SSSR count). The number of allylic oxidation sites excluding steroid dienone is 1. The summed E-state index contributed by atoms with van der Waals surface area (Å²) in [4.78, 5) is 14.5. The Morgan fingerprint density at radius 1 is 1.23 bits per heavy atom. The number of ether oxygens (including phenoxy) is 2. The van der Waals surface area contributed by atoms with E-state index >= 15 is 0 Å². The first-order valence-electron chi connectivity index (χ1n) is 9.24. The zero-order valence-corrected chi connectivity index (χ0v) is 17.2. The number of amides is 1. The van der Waals surface area contributed by atoms with Crippen molar-refractivity contribution in [2.24, 2.45) is 0 Å². The molecule has 2 heterocycles. The van der Waals surface area contributed by atoms with Crippen LogP contribution in [0.15, 0.2) is 53.1 Å². The fourth-order valence-electron chi connectivity index (χ4n) is 4.01.